The van der Waals surface area contributed by atoms with Gasteiger partial charge in [-0.2, -0.15) is 0 Å². The number of ether oxygens (including phenoxy) is 3. The minimum absolute atomic E-state index is 0.108. The molecule has 0 amide bonds. The van der Waals surface area contributed by atoms with E-state index in [1.165, 1.54) is 11.8 Å². The van der Waals surface area contributed by atoms with Crippen molar-refractivity contribution in [1.29, 1.82) is 0 Å². The van der Waals surface area contributed by atoms with Gasteiger partial charge in [-0.25, -0.2) is 14.4 Å². The van der Waals surface area contributed by atoms with Gasteiger partial charge in [0.2, 0.25) is 0 Å². The molecule has 1 unspecified atom stereocenters. The first-order chi connectivity index (χ1) is 16.1. The zero-order chi connectivity index (χ0) is 23.0. The summed E-state index contributed by atoms with van der Waals surface area (Å²) in [6.45, 7) is 0.108. The highest BCUT2D eigenvalue weighted by Crippen LogP contribution is 2.38. The number of hydrogen-bond acceptors (Lipinski definition) is 7. The van der Waals surface area contributed by atoms with E-state index in [0.29, 0.717) is 23.1 Å². The zero-order valence-corrected chi connectivity index (χ0v) is 18.5. The molecule has 1 aliphatic rings. The van der Waals surface area contributed by atoms with Gasteiger partial charge in [-0.3, -0.25) is 0 Å². The van der Waals surface area contributed by atoms with Crippen LogP contribution in [-0.2, 0) is 14.2 Å². The van der Waals surface area contributed by atoms with Gasteiger partial charge in [0, 0.05) is 11.7 Å². The van der Waals surface area contributed by atoms with Gasteiger partial charge >= 0.3 is 17.9 Å². The first kappa shape index (κ1) is 22.6. The average Bonchev–Trinajstić information content (AvgIpc) is 3.24. The first-order valence-corrected chi connectivity index (χ1v) is 11.4. The minimum atomic E-state index is -0.717. The van der Waals surface area contributed by atoms with Crippen LogP contribution in [0.2, 0.25) is 0 Å². The monoisotopic (exact) mass is 462 g/mol. The van der Waals surface area contributed by atoms with Crippen LogP contribution in [0.5, 0.6) is 0 Å². The van der Waals surface area contributed by atoms with Crippen LogP contribution in [0.4, 0.5) is 0 Å². The Morgan fingerprint density at radius 1 is 0.667 bits per heavy atom. The van der Waals surface area contributed by atoms with Crippen molar-refractivity contribution < 1.29 is 28.6 Å². The van der Waals surface area contributed by atoms with Crippen molar-refractivity contribution >= 4 is 29.7 Å². The van der Waals surface area contributed by atoms with Gasteiger partial charge < -0.3 is 14.2 Å². The summed E-state index contributed by atoms with van der Waals surface area (Å²) in [4.78, 5) is 37.5. The van der Waals surface area contributed by atoms with Gasteiger partial charge in [-0.1, -0.05) is 54.6 Å². The van der Waals surface area contributed by atoms with Crippen molar-refractivity contribution in [2.75, 3.05) is 6.61 Å². The third kappa shape index (κ3) is 6.02. The number of carbonyl (C=O) groups is 3. The summed E-state index contributed by atoms with van der Waals surface area (Å²) in [5.74, 6) is -1.43. The Balaban J connectivity index is 1.42. The molecule has 0 aliphatic carbocycles. The lowest BCUT2D eigenvalue weighted by Crippen LogP contribution is -2.29. The van der Waals surface area contributed by atoms with Crippen LogP contribution in [-0.4, -0.2) is 41.3 Å². The molecular formula is C26H22O6S. The third-order valence-electron chi connectivity index (χ3n) is 5.04. The molecule has 1 heterocycles. The molecular weight excluding hydrogens is 440 g/mol. The maximum atomic E-state index is 12.6. The first-order valence-electron chi connectivity index (χ1n) is 10.5. The fraction of sp³-hybridized carbons (Fsp3) is 0.192. The quantitative estimate of drug-likeness (QED) is 0.370. The van der Waals surface area contributed by atoms with Crippen LogP contribution < -0.4 is 0 Å². The molecule has 6 nitrogen and oxygen atoms in total. The summed E-state index contributed by atoms with van der Waals surface area (Å²) in [5, 5.41) is -0.195. The molecule has 3 atom stereocenters. The van der Waals surface area contributed by atoms with Gasteiger partial charge in [0.15, 0.2) is 5.44 Å². The predicted octanol–water partition coefficient (Wildman–Crippen LogP) is 4.76. The second-order valence-electron chi connectivity index (χ2n) is 7.41. The van der Waals surface area contributed by atoms with Crippen LogP contribution in [0.15, 0.2) is 91.0 Å². The van der Waals surface area contributed by atoms with E-state index in [-0.39, 0.29) is 11.9 Å². The topological polar surface area (TPSA) is 78.9 Å². The Morgan fingerprint density at radius 2 is 1.12 bits per heavy atom. The molecule has 168 valence electrons. The molecule has 33 heavy (non-hydrogen) atoms. The molecule has 0 aromatic heterocycles. The average molecular weight is 463 g/mol. The molecule has 0 radical (unpaired) electrons. The van der Waals surface area contributed by atoms with Crippen LogP contribution in [0.1, 0.15) is 37.5 Å². The molecule has 1 saturated heterocycles. The molecule has 3 aromatic carbocycles. The van der Waals surface area contributed by atoms with Gasteiger partial charge in [-0.05, 0) is 36.4 Å². The Labute approximate surface area is 195 Å². The fourth-order valence-electron chi connectivity index (χ4n) is 3.37. The maximum Gasteiger partial charge on any atom is 0.339 e. The number of carbonyl (C=O) groups excluding carboxylic acids is 3. The van der Waals surface area contributed by atoms with E-state index < -0.39 is 29.4 Å². The van der Waals surface area contributed by atoms with Gasteiger partial charge in [0.05, 0.1) is 16.7 Å². The third-order valence-corrected chi connectivity index (χ3v) is 6.42. The molecule has 0 N–H and O–H groups in total. The second kappa shape index (κ2) is 10.8. The summed E-state index contributed by atoms with van der Waals surface area (Å²) in [5.41, 5.74) is 0.560. The standard InChI is InChI=1S/C26H22O6S/c27-23(18-10-4-1-5-11-18)30-17-21-16-22(31-24(28)19-12-6-2-7-13-19)26(33-21)32-25(29)20-14-8-3-9-15-20/h1-15,21-22,26H,16-17H2/t21-,22+,26?/m1/s1. The zero-order valence-electron chi connectivity index (χ0n) is 17.7. The summed E-state index contributed by atoms with van der Waals surface area (Å²) < 4.78 is 16.8. The van der Waals surface area contributed by atoms with E-state index in [2.05, 4.69) is 0 Å². The number of rotatable bonds is 7. The van der Waals surface area contributed by atoms with Gasteiger partial charge in [0.25, 0.3) is 0 Å². The Bertz CT molecular complexity index is 1030. The summed E-state index contributed by atoms with van der Waals surface area (Å²) in [6.07, 6.45) is -0.284. The highest BCUT2D eigenvalue weighted by Gasteiger charge is 2.41. The van der Waals surface area contributed by atoms with E-state index in [0.717, 1.165) is 0 Å². The van der Waals surface area contributed by atoms with Crippen molar-refractivity contribution in [2.45, 2.75) is 23.2 Å². The van der Waals surface area contributed by atoms with Crippen molar-refractivity contribution in [3.63, 3.8) is 0 Å². The Kier molecular flexibility index (Phi) is 7.42. The lowest BCUT2D eigenvalue weighted by Gasteiger charge is -2.19. The van der Waals surface area contributed by atoms with E-state index in [4.69, 9.17) is 14.2 Å². The molecule has 3 aromatic rings. The minimum Gasteiger partial charge on any atom is -0.461 e. The van der Waals surface area contributed by atoms with Crippen LogP contribution in [0.3, 0.4) is 0 Å². The maximum absolute atomic E-state index is 12.6. The largest absolute Gasteiger partial charge is 0.461 e. The molecule has 0 saturated carbocycles. The highest BCUT2D eigenvalue weighted by atomic mass is 32.2. The normalized spacial score (nSPS) is 19.5. The van der Waals surface area contributed by atoms with Crippen molar-refractivity contribution in [1.82, 2.24) is 0 Å². The number of hydrogen-bond donors (Lipinski definition) is 0. The fourth-order valence-corrected chi connectivity index (χ4v) is 4.68. The lowest BCUT2D eigenvalue weighted by atomic mass is 10.2. The molecule has 0 bridgehead atoms. The summed E-state index contributed by atoms with van der Waals surface area (Å²) >= 11 is 1.32. The van der Waals surface area contributed by atoms with Gasteiger partial charge in [-0.15, -0.1) is 11.8 Å². The number of benzene rings is 3. The second-order valence-corrected chi connectivity index (χ2v) is 8.81. The lowest BCUT2D eigenvalue weighted by molar-refractivity contribution is -0.00863. The number of thioether (sulfide) groups is 1. The van der Waals surface area contributed by atoms with Crippen LogP contribution in [0.25, 0.3) is 0 Å². The van der Waals surface area contributed by atoms with E-state index in [9.17, 15) is 14.4 Å². The van der Waals surface area contributed by atoms with E-state index >= 15 is 0 Å². The number of esters is 3. The van der Waals surface area contributed by atoms with Crippen LogP contribution >= 0.6 is 11.8 Å². The summed E-state index contributed by atoms with van der Waals surface area (Å²) in [6, 6.07) is 26.0. The predicted molar refractivity (Wildman–Crippen MR) is 124 cm³/mol. The van der Waals surface area contributed by atoms with Crippen molar-refractivity contribution in [3.8, 4) is 0 Å². The molecule has 1 fully saturated rings. The van der Waals surface area contributed by atoms with Gasteiger partial charge in [0.1, 0.15) is 12.7 Å². The molecule has 0 spiro atoms. The van der Waals surface area contributed by atoms with Crippen LogP contribution in [0, 0.1) is 0 Å². The Morgan fingerprint density at radius 3 is 1.64 bits per heavy atom. The van der Waals surface area contributed by atoms with E-state index in [1.54, 1.807) is 72.8 Å². The van der Waals surface area contributed by atoms with Crippen molar-refractivity contribution in [2.24, 2.45) is 0 Å². The SMILES string of the molecule is O=C(OC[C@H]1C[C@H](OC(=O)c2ccccc2)C(OC(=O)c2ccccc2)S1)c1ccccc1. The molecule has 1 aliphatic heterocycles. The highest BCUT2D eigenvalue weighted by molar-refractivity contribution is 8.00. The smallest absolute Gasteiger partial charge is 0.339 e. The van der Waals surface area contributed by atoms with Crippen molar-refractivity contribution in [3.05, 3.63) is 108 Å². The summed E-state index contributed by atoms with van der Waals surface area (Å²) in [7, 11) is 0. The Hall–Kier alpha value is -3.58. The van der Waals surface area contributed by atoms with E-state index in [1.807, 2.05) is 18.2 Å². The molecule has 4 rings (SSSR count). The molecule has 7 heteroatoms.